The number of likely N-dealkylation sites (tertiary alicyclic amines) is 1. The van der Waals surface area contributed by atoms with Gasteiger partial charge in [0.1, 0.15) is 0 Å². The average molecular weight is 407 g/mol. The van der Waals surface area contributed by atoms with Crippen LogP contribution < -0.4 is 5.32 Å². The van der Waals surface area contributed by atoms with Crippen molar-refractivity contribution < 1.29 is 9.59 Å². The molecule has 0 bridgehead atoms. The van der Waals surface area contributed by atoms with Gasteiger partial charge in [-0.05, 0) is 49.4 Å². The fourth-order valence-corrected chi connectivity index (χ4v) is 4.87. The number of anilines is 1. The van der Waals surface area contributed by atoms with Gasteiger partial charge in [-0.15, -0.1) is 0 Å². The molecule has 6 nitrogen and oxygen atoms in total. The third-order valence-electron chi connectivity index (χ3n) is 6.61. The molecule has 2 N–H and O–H groups in total. The number of nitrogens with zero attached hydrogens (tertiary/aromatic N) is 2. The highest BCUT2D eigenvalue weighted by Crippen LogP contribution is 2.29. The minimum absolute atomic E-state index is 0.0598. The molecule has 1 aliphatic heterocycles. The Morgan fingerprint density at radius 3 is 2.80 bits per heavy atom. The Morgan fingerprint density at radius 2 is 2.03 bits per heavy atom. The van der Waals surface area contributed by atoms with Gasteiger partial charge in [-0.1, -0.05) is 26.2 Å². The third kappa shape index (κ3) is 4.21. The van der Waals surface area contributed by atoms with E-state index in [9.17, 15) is 9.59 Å². The number of hydrogen-bond donors (Lipinski definition) is 2. The van der Waals surface area contributed by atoms with Gasteiger partial charge in [0.05, 0.1) is 0 Å². The van der Waals surface area contributed by atoms with Crippen LogP contribution in [0.5, 0.6) is 0 Å². The van der Waals surface area contributed by atoms with Crippen molar-refractivity contribution in [3.63, 3.8) is 0 Å². The molecule has 2 aromatic rings. The summed E-state index contributed by atoms with van der Waals surface area (Å²) in [6, 6.07) is 5.93. The number of benzene rings is 1. The average Bonchev–Trinajstić information content (AvgIpc) is 3.40. The number of H-pyrrole nitrogens is 1. The van der Waals surface area contributed by atoms with Crippen LogP contribution in [0.2, 0.25) is 0 Å². The molecule has 2 amide bonds. The van der Waals surface area contributed by atoms with Crippen molar-refractivity contribution in [2.24, 2.45) is 11.8 Å². The van der Waals surface area contributed by atoms with Crippen molar-refractivity contribution in [2.45, 2.75) is 64.5 Å². The SMILES string of the molecule is [C-]#[N+][C@@H]1CCCN1C(=O)[C@@H](C)Cc1c[nH]c2ccc(NC(=O)C3CCCCC3)cc12. The van der Waals surface area contributed by atoms with Gasteiger partial charge in [-0.2, -0.15) is 0 Å². The zero-order valence-electron chi connectivity index (χ0n) is 17.6. The van der Waals surface area contributed by atoms with Crippen molar-refractivity contribution in [1.82, 2.24) is 9.88 Å². The van der Waals surface area contributed by atoms with E-state index in [2.05, 4.69) is 15.1 Å². The smallest absolute Gasteiger partial charge is 0.300 e. The van der Waals surface area contributed by atoms with Crippen LogP contribution in [0, 0.1) is 18.4 Å². The number of rotatable bonds is 5. The summed E-state index contributed by atoms with van der Waals surface area (Å²) < 4.78 is 0. The van der Waals surface area contributed by atoms with Crippen LogP contribution in [0.4, 0.5) is 5.69 Å². The van der Waals surface area contributed by atoms with Crippen LogP contribution in [0.1, 0.15) is 57.4 Å². The minimum atomic E-state index is -0.301. The second-order valence-corrected chi connectivity index (χ2v) is 8.79. The van der Waals surface area contributed by atoms with Crippen LogP contribution in [0.15, 0.2) is 24.4 Å². The van der Waals surface area contributed by atoms with Crippen molar-refractivity contribution in [3.05, 3.63) is 41.4 Å². The summed E-state index contributed by atoms with van der Waals surface area (Å²) in [5.41, 5.74) is 2.88. The number of carbonyl (C=O) groups excluding carboxylic acids is 2. The predicted octanol–water partition coefficient (Wildman–Crippen LogP) is 4.73. The van der Waals surface area contributed by atoms with Gasteiger partial charge in [-0.25, -0.2) is 6.57 Å². The van der Waals surface area contributed by atoms with E-state index in [1.54, 1.807) is 4.90 Å². The minimum Gasteiger partial charge on any atom is -0.361 e. The standard InChI is InChI=1S/C24H30N4O2/c1-16(24(30)28-12-6-9-22(28)25-2)13-18-15-26-21-11-10-19(14-20(18)21)27-23(29)17-7-4-3-5-8-17/h10-11,14-17,22,26H,3-9,12-13H2,1H3,(H,27,29)/t16-,22-/m0/s1. The molecule has 1 saturated heterocycles. The first-order chi connectivity index (χ1) is 14.6. The maximum absolute atomic E-state index is 12.9. The molecule has 158 valence electrons. The van der Waals surface area contributed by atoms with E-state index in [4.69, 9.17) is 6.57 Å². The van der Waals surface area contributed by atoms with Crippen LogP contribution >= 0.6 is 0 Å². The molecule has 1 aromatic carbocycles. The molecule has 4 rings (SSSR count). The van der Waals surface area contributed by atoms with E-state index in [0.29, 0.717) is 13.0 Å². The van der Waals surface area contributed by atoms with Crippen molar-refractivity contribution in [3.8, 4) is 0 Å². The van der Waals surface area contributed by atoms with Gasteiger partial charge in [0, 0.05) is 47.6 Å². The number of amides is 2. The lowest BCUT2D eigenvalue weighted by atomic mass is 9.88. The summed E-state index contributed by atoms with van der Waals surface area (Å²) in [5, 5.41) is 4.13. The van der Waals surface area contributed by atoms with Crippen LogP contribution in [0.25, 0.3) is 15.7 Å². The normalized spacial score (nSPS) is 20.8. The van der Waals surface area contributed by atoms with E-state index < -0.39 is 0 Å². The van der Waals surface area contributed by atoms with Crippen molar-refractivity contribution >= 4 is 28.4 Å². The Kier molecular flexibility index (Phi) is 6.08. The molecule has 2 fully saturated rings. The first-order valence-electron chi connectivity index (χ1n) is 11.1. The molecule has 30 heavy (non-hydrogen) atoms. The number of fused-ring (bicyclic) bond motifs is 1. The lowest BCUT2D eigenvalue weighted by Crippen LogP contribution is -2.38. The largest absolute Gasteiger partial charge is 0.361 e. The lowest BCUT2D eigenvalue weighted by Gasteiger charge is -2.21. The monoisotopic (exact) mass is 406 g/mol. The number of aromatic amines is 1. The van der Waals surface area contributed by atoms with Gasteiger partial charge in [0.25, 0.3) is 0 Å². The summed E-state index contributed by atoms with van der Waals surface area (Å²) in [5.74, 6) is 0.110. The van der Waals surface area contributed by atoms with E-state index >= 15 is 0 Å². The highest BCUT2D eigenvalue weighted by Gasteiger charge is 2.35. The van der Waals surface area contributed by atoms with Gasteiger partial charge in [-0.3, -0.25) is 19.3 Å². The van der Waals surface area contributed by atoms with Gasteiger partial charge < -0.3 is 10.3 Å². The molecule has 2 heterocycles. The maximum Gasteiger partial charge on any atom is 0.300 e. The Hall–Kier alpha value is -2.81. The highest BCUT2D eigenvalue weighted by atomic mass is 16.2. The Balaban J connectivity index is 1.46. The van der Waals surface area contributed by atoms with E-state index in [0.717, 1.165) is 60.7 Å². The molecule has 2 aliphatic rings. The van der Waals surface area contributed by atoms with Gasteiger partial charge >= 0.3 is 6.17 Å². The zero-order valence-corrected chi connectivity index (χ0v) is 17.6. The molecule has 6 heteroatoms. The summed E-state index contributed by atoms with van der Waals surface area (Å²) in [7, 11) is 0. The maximum atomic E-state index is 12.9. The Bertz CT molecular complexity index is 967. The van der Waals surface area contributed by atoms with E-state index in [-0.39, 0.29) is 29.8 Å². The van der Waals surface area contributed by atoms with Gasteiger partial charge in [0.2, 0.25) is 11.8 Å². The number of hydrogen-bond acceptors (Lipinski definition) is 2. The summed E-state index contributed by atoms with van der Waals surface area (Å²) in [4.78, 5) is 34.1. The molecular weight excluding hydrogens is 376 g/mol. The molecule has 0 unspecified atom stereocenters. The summed E-state index contributed by atoms with van der Waals surface area (Å²) >= 11 is 0. The van der Waals surface area contributed by atoms with Crippen molar-refractivity contribution in [1.29, 1.82) is 0 Å². The molecule has 0 radical (unpaired) electrons. The number of aromatic nitrogens is 1. The second-order valence-electron chi connectivity index (χ2n) is 8.79. The Labute approximate surface area is 177 Å². The quantitative estimate of drug-likeness (QED) is 0.705. The Morgan fingerprint density at radius 1 is 1.23 bits per heavy atom. The van der Waals surface area contributed by atoms with Gasteiger partial charge in [0.15, 0.2) is 0 Å². The molecule has 2 atom stereocenters. The summed E-state index contributed by atoms with van der Waals surface area (Å²) in [6.07, 6.45) is 9.40. The van der Waals surface area contributed by atoms with Crippen LogP contribution in [-0.2, 0) is 16.0 Å². The highest BCUT2D eigenvalue weighted by molar-refractivity contribution is 5.96. The molecular formula is C24H30N4O2. The first kappa shape index (κ1) is 20.5. The third-order valence-corrected chi connectivity index (χ3v) is 6.61. The second kappa shape index (κ2) is 8.91. The molecule has 1 aliphatic carbocycles. The zero-order chi connectivity index (χ0) is 21.1. The first-order valence-corrected chi connectivity index (χ1v) is 11.1. The lowest BCUT2D eigenvalue weighted by molar-refractivity contribution is -0.135. The fraction of sp³-hybridized carbons (Fsp3) is 0.542. The number of carbonyl (C=O) groups is 2. The van der Waals surface area contributed by atoms with E-state index in [1.165, 1.54) is 6.42 Å². The van der Waals surface area contributed by atoms with Crippen LogP contribution in [0.3, 0.4) is 0 Å². The molecule has 0 spiro atoms. The van der Waals surface area contributed by atoms with Crippen LogP contribution in [-0.4, -0.2) is 34.4 Å². The number of nitrogens with one attached hydrogen (secondary N) is 2. The van der Waals surface area contributed by atoms with Crippen molar-refractivity contribution in [2.75, 3.05) is 11.9 Å². The molecule has 1 saturated carbocycles. The summed E-state index contributed by atoms with van der Waals surface area (Å²) in [6.45, 7) is 9.94. The topological polar surface area (TPSA) is 69.6 Å². The predicted molar refractivity (Wildman–Crippen MR) is 118 cm³/mol. The fourth-order valence-electron chi connectivity index (χ4n) is 4.87. The molecule has 1 aromatic heterocycles. The van der Waals surface area contributed by atoms with E-state index in [1.807, 2.05) is 31.3 Å².